The van der Waals surface area contributed by atoms with Crippen LogP contribution in [0.4, 0.5) is 10.1 Å². The molecule has 0 bridgehead atoms. The average Bonchev–Trinajstić information content (AvgIpc) is 2.45. The molecule has 2 N–H and O–H groups in total. The van der Waals surface area contributed by atoms with Crippen molar-refractivity contribution in [3.63, 3.8) is 0 Å². The van der Waals surface area contributed by atoms with Gasteiger partial charge in [0.2, 0.25) is 0 Å². The summed E-state index contributed by atoms with van der Waals surface area (Å²) in [6.45, 7) is 0. The van der Waals surface area contributed by atoms with Gasteiger partial charge in [-0.2, -0.15) is 0 Å². The molecule has 0 aliphatic heterocycles. The van der Waals surface area contributed by atoms with Gasteiger partial charge in [-0.1, -0.05) is 46.9 Å². The monoisotopic (exact) mass is 376 g/mol. The Balaban J connectivity index is 2.09. The third-order valence-electron chi connectivity index (χ3n) is 2.60. The van der Waals surface area contributed by atoms with Crippen LogP contribution in [0.3, 0.4) is 0 Å². The van der Waals surface area contributed by atoms with Crippen LogP contribution >= 0.6 is 47.0 Å². The van der Waals surface area contributed by atoms with Gasteiger partial charge in [-0.25, -0.2) is 4.39 Å². The summed E-state index contributed by atoms with van der Waals surface area (Å²) in [7, 11) is 0. The zero-order valence-electron chi connectivity index (χ0n) is 10.8. The van der Waals surface area contributed by atoms with Gasteiger partial charge in [-0.05, 0) is 36.5 Å². The lowest BCUT2D eigenvalue weighted by molar-refractivity contribution is 0.0974. The maximum atomic E-state index is 13.5. The molecule has 8 heteroatoms. The van der Waals surface area contributed by atoms with Crippen molar-refractivity contribution in [3.8, 4) is 0 Å². The smallest absolute Gasteiger partial charge is 0.260 e. The predicted octanol–water partition coefficient (Wildman–Crippen LogP) is 4.91. The Hall–Kier alpha value is -1.40. The van der Waals surface area contributed by atoms with Crippen LogP contribution in [0.25, 0.3) is 0 Å². The van der Waals surface area contributed by atoms with E-state index in [4.69, 9.17) is 47.0 Å². The highest BCUT2D eigenvalue weighted by Gasteiger charge is 2.13. The van der Waals surface area contributed by atoms with Gasteiger partial charge in [0.05, 0.1) is 26.3 Å². The molecule has 3 nitrogen and oxygen atoms in total. The fraction of sp³-hybridized carbons (Fsp3) is 0. The summed E-state index contributed by atoms with van der Waals surface area (Å²) in [5, 5.41) is 5.85. The molecule has 0 aliphatic carbocycles. The molecule has 2 aromatic carbocycles. The molecule has 2 aromatic rings. The molecule has 114 valence electrons. The normalized spacial score (nSPS) is 10.2. The maximum absolute atomic E-state index is 13.5. The number of nitrogens with one attached hydrogen (secondary N) is 2. The number of hydrogen-bond acceptors (Lipinski definition) is 2. The summed E-state index contributed by atoms with van der Waals surface area (Å²) in [5.74, 6) is -1.32. The van der Waals surface area contributed by atoms with Crippen molar-refractivity contribution < 1.29 is 9.18 Å². The van der Waals surface area contributed by atoms with E-state index in [-0.39, 0.29) is 20.7 Å². The number of hydrogen-bond donors (Lipinski definition) is 2. The fourth-order valence-corrected chi connectivity index (χ4v) is 2.38. The van der Waals surface area contributed by atoms with E-state index in [1.165, 1.54) is 30.3 Å². The van der Waals surface area contributed by atoms with E-state index in [2.05, 4.69) is 10.6 Å². The lowest BCUT2D eigenvalue weighted by Crippen LogP contribution is -2.34. The lowest BCUT2D eigenvalue weighted by Gasteiger charge is -2.12. The van der Waals surface area contributed by atoms with Gasteiger partial charge in [0, 0.05) is 0 Å². The van der Waals surface area contributed by atoms with Crippen LogP contribution < -0.4 is 10.6 Å². The number of benzene rings is 2. The molecule has 0 unspecified atom stereocenters. The summed E-state index contributed by atoms with van der Waals surface area (Å²) in [4.78, 5) is 11.9. The zero-order chi connectivity index (χ0) is 16.3. The second-order valence-corrected chi connectivity index (χ2v) is 5.76. The molecular formula is C14H8Cl3FN2OS. The summed E-state index contributed by atoms with van der Waals surface area (Å²) >= 11 is 22.7. The highest BCUT2D eigenvalue weighted by atomic mass is 35.5. The van der Waals surface area contributed by atoms with E-state index in [0.717, 1.165) is 0 Å². The standard InChI is InChI=1S/C14H8Cl3FN2OS/c15-8-5-10(17)12(6-9(8)16)19-14(22)20-13(21)7-3-1-2-4-11(7)18/h1-6H,(H2,19,20,21,22). The number of amides is 1. The second kappa shape index (κ2) is 7.24. The van der Waals surface area contributed by atoms with Crippen LogP contribution in [-0.2, 0) is 0 Å². The third-order valence-corrected chi connectivity index (χ3v) is 3.84. The number of carbonyl (C=O) groups is 1. The second-order valence-electron chi connectivity index (χ2n) is 4.13. The van der Waals surface area contributed by atoms with Gasteiger partial charge in [0.15, 0.2) is 5.11 Å². The van der Waals surface area contributed by atoms with Crippen LogP contribution in [0, 0.1) is 5.82 Å². The van der Waals surface area contributed by atoms with Gasteiger partial charge < -0.3 is 5.32 Å². The minimum atomic E-state index is -0.674. The van der Waals surface area contributed by atoms with Crippen molar-refractivity contribution in [2.75, 3.05) is 5.32 Å². The van der Waals surface area contributed by atoms with Crippen molar-refractivity contribution >= 4 is 63.7 Å². The minimum Gasteiger partial charge on any atom is -0.331 e. The van der Waals surface area contributed by atoms with Crippen LogP contribution in [0.2, 0.25) is 15.1 Å². The van der Waals surface area contributed by atoms with Crippen molar-refractivity contribution in [3.05, 3.63) is 62.8 Å². The average molecular weight is 378 g/mol. The number of thiocarbonyl (C=S) groups is 1. The van der Waals surface area contributed by atoms with Crippen LogP contribution in [-0.4, -0.2) is 11.0 Å². The summed E-state index contributed by atoms with van der Waals surface area (Å²) in [6.07, 6.45) is 0. The third kappa shape index (κ3) is 4.08. The highest BCUT2D eigenvalue weighted by Crippen LogP contribution is 2.32. The van der Waals surface area contributed by atoms with E-state index in [1.54, 1.807) is 6.07 Å². The molecule has 0 spiro atoms. The molecule has 0 heterocycles. The van der Waals surface area contributed by atoms with E-state index in [0.29, 0.717) is 10.7 Å². The number of anilines is 1. The van der Waals surface area contributed by atoms with Gasteiger partial charge >= 0.3 is 0 Å². The zero-order valence-corrected chi connectivity index (χ0v) is 13.9. The SMILES string of the molecule is O=C(NC(=S)Nc1cc(Cl)c(Cl)cc1Cl)c1ccccc1F. The molecule has 0 aromatic heterocycles. The quantitative estimate of drug-likeness (QED) is 0.577. The molecule has 22 heavy (non-hydrogen) atoms. The Kier molecular flexibility index (Phi) is 5.58. The molecule has 0 saturated heterocycles. The van der Waals surface area contributed by atoms with Crippen LogP contribution in [0.1, 0.15) is 10.4 Å². The fourth-order valence-electron chi connectivity index (χ4n) is 1.59. The molecule has 0 aliphatic rings. The van der Waals surface area contributed by atoms with Crippen LogP contribution in [0.15, 0.2) is 36.4 Å². The van der Waals surface area contributed by atoms with Crippen molar-refractivity contribution in [1.29, 1.82) is 0 Å². The van der Waals surface area contributed by atoms with E-state index in [9.17, 15) is 9.18 Å². The summed E-state index contributed by atoms with van der Waals surface area (Å²) < 4.78 is 13.5. The van der Waals surface area contributed by atoms with E-state index in [1.807, 2.05) is 0 Å². The Labute approximate surface area is 146 Å². The molecule has 0 saturated carbocycles. The number of carbonyl (C=O) groups excluding carboxylic acids is 1. The number of rotatable bonds is 2. The Morgan fingerprint density at radius 3 is 2.36 bits per heavy atom. The molecule has 0 atom stereocenters. The van der Waals surface area contributed by atoms with E-state index >= 15 is 0 Å². The van der Waals surface area contributed by atoms with Crippen molar-refractivity contribution in [1.82, 2.24) is 5.32 Å². The lowest BCUT2D eigenvalue weighted by atomic mass is 10.2. The molecule has 0 radical (unpaired) electrons. The predicted molar refractivity (Wildman–Crippen MR) is 91.6 cm³/mol. The van der Waals surface area contributed by atoms with Crippen molar-refractivity contribution in [2.45, 2.75) is 0 Å². The Morgan fingerprint density at radius 1 is 1.05 bits per heavy atom. The molecule has 0 fully saturated rings. The first-order valence-corrected chi connectivity index (χ1v) is 7.44. The topological polar surface area (TPSA) is 41.1 Å². The molecular weight excluding hydrogens is 370 g/mol. The van der Waals surface area contributed by atoms with E-state index < -0.39 is 11.7 Å². The largest absolute Gasteiger partial charge is 0.331 e. The number of halogens is 4. The maximum Gasteiger partial charge on any atom is 0.260 e. The summed E-state index contributed by atoms with van der Waals surface area (Å²) in [6, 6.07) is 8.46. The minimum absolute atomic E-state index is 0.0476. The van der Waals surface area contributed by atoms with Crippen LogP contribution in [0.5, 0.6) is 0 Å². The Morgan fingerprint density at radius 2 is 1.68 bits per heavy atom. The van der Waals surface area contributed by atoms with Gasteiger partial charge in [-0.15, -0.1) is 0 Å². The molecule has 1 amide bonds. The van der Waals surface area contributed by atoms with Gasteiger partial charge in [0.25, 0.3) is 5.91 Å². The molecule has 2 rings (SSSR count). The highest BCUT2D eigenvalue weighted by molar-refractivity contribution is 7.80. The first-order chi connectivity index (χ1) is 10.4. The van der Waals surface area contributed by atoms with Crippen molar-refractivity contribution in [2.24, 2.45) is 0 Å². The first kappa shape index (κ1) is 17.0. The Bertz CT molecular complexity index is 755. The summed E-state index contributed by atoms with van der Waals surface area (Å²) in [5.41, 5.74) is 0.252. The first-order valence-electron chi connectivity index (χ1n) is 5.90. The van der Waals surface area contributed by atoms with Gasteiger partial charge in [-0.3, -0.25) is 10.1 Å². The van der Waals surface area contributed by atoms with Gasteiger partial charge in [0.1, 0.15) is 5.82 Å².